The molecule has 1 aliphatic rings. The van der Waals surface area contributed by atoms with Crippen LogP contribution < -0.4 is 0 Å². The molecule has 0 aromatic heterocycles. The zero-order valence-corrected chi connectivity index (χ0v) is 25.9. The van der Waals surface area contributed by atoms with E-state index in [1.54, 1.807) is 0 Å². The van der Waals surface area contributed by atoms with E-state index >= 15 is 0 Å². The minimum absolute atomic E-state index is 0.159. The van der Waals surface area contributed by atoms with Gasteiger partial charge in [0.1, 0.15) is 24.9 Å². The number of hydrogen-bond donors (Lipinski definition) is 3. The molecule has 0 saturated carbocycles. The topological polar surface area (TPSA) is 132 Å². The Morgan fingerprint density at radius 3 is 1.63 bits per heavy atom. The Morgan fingerprint density at radius 1 is 0.659 bits per heavy atom. The summed E-state index contributed by atoms with van der Waals surface area (Å²) in [6.07, 6.45) is 15.1. The fraction of sp³-hybridized carbons (Fsp3) is 0.938. The monoisotopic (exact) mass is 588 g/mol. The van der Waals surface area contributed by atoms with Gasteiger partial charge < -0.3 is 34.3 Å². The predicted octanol–water partition coefficient (Wildman–Crippen LogP) is 5.74. The van der Waals surface area contributed by atoms with Gasteiger partial charge in [-0.1, -0.05) is 117 Å². The van der Waals surface area contributed by atoms with E-state index in [0.717, 1.165) is 38.5 Å². The Labute approximate surface area is 248 Å². The zero-order valence-electron chi connectivity index (χ0n) is 25.9. The van der Waals surface area contributed by atoms with Gasteiger partial charge in [0.05, 0.1) is 13.2 Å². The predicted molar refractivity (Wildman–Crippen MR) is 158 cm³/mol. The summed E-state index contributed by atoms with van der Waals surface area (Å²) in [4.78, 5) is 24.8. The highest BCUT2D eigenvalue weighted by atomic mass is 16.7. The van der Waals surface area contributed by atoms with E-state index < -0.39 is 36.7 Å². The van der Waals surface area contributed by atoms with E-state index in [4.69, 9.17) is 18.9 Å². The van der Waals surface area contributed by atoms with E-state index in [1.807, 2.05) is 0 Å². The lowest BCUT2D eigenvalue weighted by atomic mass is 10.1. The second-order valence-corrected chi connectivity index (χ2v) is 11.5. The molecule has 9 nitrogen and oxygen atoms in total. The number of aliphatic hydroxyl groups is 3. The number of carbonyl (C=O) groups excluding carboxylic acids is 2. The van der Waals surface area contributed by atoms with Crippen LogP contribution in [0.4, 0.5) is 0 Å². The summed E-state index contributed by atoms with van der Waals surface area (Å²) in [5.41, 5.74) is 0. The normalized spacial score (nSPS) is 21.5. The molecule has 0 aromatic rings. The molecule has 41 heavy (non-hydrogen) atoms. The maximum absolute atomic E-state index is 12.5. The van der Waals surface area contributed by atoms with Crippen LogP contribution in [0.25, 0.3) is 0 Å². The van der Waals surface area contributed by atoms with Crippen molar-refractivity contribution in [2.45, 2.75) is 173 Å². The molecule has 0 radical (unpaired) electrons. The van der Waals surface area contributed by atoms with Gasteiger partial charge >= 0.3 is 11.9 Å². The van der Waals surface area contributed by atoms with Crippen molar-refractivity contribution >= 4 is 11.9 Å². The third-order valence-corrected chi connectivity index (χ3v) is 7.60. The Bertz CT molecular complexity index is 645. The molecule has 1 fully saturated rings. The molecule has 1 aliphatic heterocycles. The molecule has 1 rings (SSSR count). The quantitative estimate of drug-likeness (QED) is 0.0855. The molecule has 3 N–H and O–H groups in total. The van der Waals surface area contributed by atoms with Crippen LogP contribution in [-0.4, -0.2) is 77.8 Å². The highest BCUT2D eigenvalue weighted by Gasteiger charge is 2.38. The number of unbranched alkanes of at least 4 members (excludes halogenated alkanes) is 16. The van der Waals surface area contributed by atoms with E-state index in [2.05, 4.69) is 13.8 Å². The van der Waals surface area contributed by atoms with Crippen molar-refractivity contribution in [1.29, 1.82) is 0 Å². The molecule has 0 aromatic carbocycles. The Morgan fingerprint density at radius 2 is 1.12 bits per heavy atom. The van der Waals surface area contributed by atoms with Crippen LogP contribution in [0.3, 0.4) is 0 Å². The van der Waals surface area contributed by atoms with Crippen LogP contribution in [0.2, 0.25) is 0 Å². The molecule has 0 aliphatic carbocycles. The molecule has 0 bridgehead atoms. The first-order valence-electron chi connectivity index (χ1n) is 16.5. The third kappa shape index (κ3) is 19.5. The van der Waals surface area contributed by atoms with Crippen LogP contribution in [0, 0.1) is 0 Å². The molecule has 1 heterocycles. The molecule has 0 spiro atoms. The largest absolute Gasteiger partial charge is 0.462 e. The van der Waals surface area contributed by atoms with Crippen molar-refractivity contribution in [2.75, 3.05) is 19.8 Å². The summed E-state index contributed by atoms with van der Waals surface area (Å²) < 4.78 is 21.8. The van der Waals surface area contributed by atoms with Crippen molar-refractivity contribution in [3.8, 4) is 0 Å². The Balaban J connectivity index is 2.37. The Kier molecular flexibility index (Phi) is 23.3. The number of aliphatic hydroxyl groups excluding tert-OH is 3. The van der Waals surface area contributed by atoms with Crippen LogP contribution in [0.1, 0.15) is 142 Å². The molecule has 5 atom stereocenters. The summed E-state index contributed by atoms with van der Waals surface area (Å²) in [6, 6.07) is 0. The lowest BCUT2D eigenvalue weighted by Gasteiger charge is -2.35. The van der Waals surface area contributed by atoms with Gasteiger partial charge in [-0.3, -0.25) is 9.59 Å². The van der Waals surface area contributed by atoms with Crippen LogP contribution in [0.5, 0.6) is 0 Å². The van der Waals surface area contributed by atoms with Gasteiger partial charge in [0.15, 0.2) is 12.4 Å². The summed E-state index contributed by atoms with van der Waals surface area (Å²) in [6.45, 7) is 3.89. The van der Waals surface area contributed by atoms with Crippen molar-refractivity contribution in [2.24, 2.45) is 0 Å². The standard InChI is InChI=1S/C32H60O9/c1-3-5-7-9-11-13-15-17-19-21-28(34)38-23-26(24-39-32-31(37)30(36)27(33)25-40-32)41-29(35)22-20-18-16-14-12-10-8-6-4-2/h26-27,30-33,36-37H,3-25H2,1-2H3/t26-,27-,30+,31-,32-/m1/s1. The van der Waals surface area contributed by atoms with Crippen LogP contribution in [0.15, 0.2) is 0 Å². The third-order valence-electron chi connectivity index (χ3n) is 7.60. The SMILES string of the molecule is CCCCCCCCCCCC(=O)OC[C@H](CO[C@@H]1OC[C@@H](O)[C@H](O)[C@H]1O)OC(=O)CCCCCCCCCCC. The second-order valence-electron chi connectivity index (χ2n) is 11.5. The molecule has 9 heteroatoms. The summed E-state index contributed by atoms with van der Waals surface area (Å²) >= 11 is 0. The fourth-order valence-corrected chi connectivity index (χ4v) is 4.91. The van der Waals surface area contributed by atoms with Gasteiger partial charge in [0.2, 0.25) is 0 Å². The first-order valence-corrected chi connectivity index (χ1v) is 16.5. The van der Waals surface area contributed by atoms with Gasteiger partial charge in [-0.2, -0.15) is 0 Å². The molecule has 0 amide bonds. The summed E-state index contributed by atoms with van der Waals surface area (Å²) in [5.74, 6) is -0.738. The van der Waals surface area contributed by atoms with Crippen molar-refractivity contribution in [3.63, 3.8) is 0 Å². The van der Waals surface area contributed by atoms with Crippen LogP contribution in [-0.2, 0) is 28.5 Å². The van der Waals surface area contributed by atoms with Gasteiger partial charge in [-0.15, -0.1) is 0 Å². The minimum Gasteiger partial charge on any atom is -0.462 e. The smallest absolute Gasteiger partial charge is 0.306 e. The number of ether oxygens (including phenoxy) is 4. The van der Waals surface area contributed by atoms with E-state index in [9.17, 15) is 24.9 Å². The maximum Gasteiger partial charge on any atom is 0.306 e. The van der Waals surface area contributed by atoms with Gasteiger partial charge in [0, 0.05) is 12.8 Å². The van der Waals surface area contributed by atoms with E-state index in [1.165, 1.54) is 77.0 Å². The van der Waals surface area contributed by atoms with Gasteiger partial charge in [-0.05, 0) is 12.8 Å². The van der Waals surface area contributed by atoms with E-state index in [-0.39, 0.29) is 32.2 Å². The highest BCUT2D eigenvalue weighted by Crippen LogP contribution is 2.18. The number of rotatable bonds is 26. The van der Waals surface area contributed by atoms with Gasteiger partial charge in [0.25, 0.3) is 0 Å². The molecular formula is C32H60O9. The van der Waals surface area contributed by atoms with Crippen LogP contribution >= 0.6 is 0 Å². The summed E-state index contributed by atoms with van der Waals surface area (Å²) in [5, 5.41) is 29.7. The first kappa shape index (κ1) is 37.8. The zero-order chi connectivity index (χ0) is 30.1. The number of carbonyl (C=O) groups is 2. The average Bonchev–Trinajstić information content (AvgIpc) is 2.96. The molecular weight excluding hydrogens is 528 g/mol. The highest BCUT2D eigenvalue weighted by molar-refractivity contribution is 5.70. The molecule has 1 saturated heterocycles. The lowest BCUT2D eigenvalue weighted by Crippen LogP contribution is -2.54. The number of hydrogen-bond acceptors (Lipinski definition) is 9. The van der Waals surface area contributed by atoms with Gasteiger partial charge in [-0.25, -0.2) is 0 Å². The average molecular weight is 589 g/mol. The first-order chi connectivity index (χ1) is 19.9. The van der Waals surface area contributed by atoms with Crippen molar-refractivity contribution in [3.05, 3.63) is 0 Å². The van der Waals surface area contributed by atoms with Crippen molar-refractivity contribution in [1.82, 2.24) is 0 Å². The molecule has 0 unspecified atom stereocenters. The lowest BCUT2D eigenvalue weighted by molar-refractivity contribution is -0.275. The van der Waals surface area contributed by atoms with E-state index in [0.29, 0.717) is 6.42 Å². The fourth-order valence-electron chi connectivity index (χ4n) is 4.91. The summed E-state index contributed by atoms with van der Waals surface area (Å²) in [7, 11) is 0. The minimum atomic E-state index is -1.45. The Hall–Kier alpha value is -1.26. The van der Waals surface area contributed by atoms with Crippen molar-refractivity contribution < 1.29 is 43.9 Å². The second kappa shape index (κ2) is 25.3. The number of esters is 2. The molecule has 242 valence electrons. The maximum atomic E-state index is 12.5.